The van der Waals surface area contributed by atoms with Gasteiger partial charge in [0.05, 0.1) is 16.8 Å². The summed E-state index contributed by atoms with van der Waals surface area (Å²) >= 11 is 11.0. The molecule has 0 amide bonds. The molecule has 0 aromatic carbocycles. The molecule has 0 radical (unpaired) electrons. The number of anilines is 1. The molecule has 1 rings (SSSR count). The Morgan fingerprint density at radius 3 is 2.36 bits per heavy atom. The number of aromatic nitrogens is 1. The summed E-state index contributed by atoms with van der Waals surface area (Å²) in [4.78, 5) is 3.69. The van der Waals surface area contributed by atoms with Crippen LogP contribution < -0.4 is 11.5 Å². The van der Waals surface area contributed by atoms with Crippen LogP contribution in [0.5, 0.6) is 0 Å². The van der Waals surface area contributed by atoms with Gasteiger partial charge in [-0.2, -0.15) is 0 Å². The number of nitrogens with two attached hydrogens (primary N) is 2. The van der Waals surface area contributed by atoms with Gasteiger partial charge < -0.3 is 16.6 Å². The van der Waals surface area contributed by atoms with Crippen molar-refractivity contribution in [2.24, 2.45) is 5.73 Å². The SMILES string of the molecule is CC(O)CN.Nc1cc(Cl)ncc1Cl. The summed E-state index contributed by atoms with van der Waals surface area (Å²) in [5, 5.41) is 9.02. The minimum absolute atomic E-state index is 0.338. The summed E-state index contributed by atoms with van der Waals surface area (Å²) in [7, 11) is 0. The third kappa shape index (κ3) is 5.99. The largest absolute Gasteiger partial charge is 0.397 e. The second kappa shape index (κ2) is 6.84. The molecule has 1 aromatic heterocycles. The third-order valence-corrected chi connectivity index (χ3v) is 1.72. The Morgan fingerprint density at radius 2 is 2.07 bits per heavy atom. The standard InChI is InChI=1S/C5H4Cl2N2.C3H9NO/c6-3-2-9-5(7)1-4(3)8;1-3(5)2-4/h1-2H,(H2,8,9);3,5H,2,4H2,1H3. The maximum atomic E-state index is 8.24. The number of nitrogens with zero attached hydrogens (tertiary/aromatic N) is 1. The van der Waals surface area contributed by atoms with Crippen molar-refractivity contribution < 1.29 is 5.11 Å². The van der Waals surface area contributed by atoms with Crippen LogP contribution in [0.1, 0.15) is 6.92 Å². The molecule has 1 unspecified atom stereocenters. The zero-order chi connectivity index (χ0) is 11.1. The fourth-order valence-electron chi connectivity index (χ4n) is 0.427. The molecule has 1 aromatic rings. The number of rotatable bonds is 1. The maximum Gasteiger partial charge on any atom is 0.131 e. The molecule has 0 aliphatic carbocycles. The number of hydrogen-bond acceptors (Lipinski definition) is 4. The van der Waals surface area contributed by atoms with E-state index in [9.17, 15) is 0 Å². The first-order valence-corrected chi connectivity index (χ1v) is 4.67. The highest BCUT2D eigenvalue weighted by molar-refractivity contribution is 6.34. The van der Waals surface area contributed by atoms with Crippen molar-refractivity contribution >= 4 is 28.9 Å². The molecule has 0 aliphatic heterocycles. The molecular formula is C8H13Cl2N3O. The molecule has 80 valence electrons. The van der Waals surface area contributed by atoms with Gasteiger partial charge in [0.2, 0.25) is 0 Å². The van der Waals surface area contributed by atoms with Gasteiger partial charge in [-0.1, -0.05) is 23.2 Å². The first kappa shape index (κ1) is 13.4. The van der Waals surface area contributed by atoms with Crippen molar-refractivity contribution in [1.82, 2.24) is 4.98 Å². The topological polar surface area (TPSA) is 85.2 Å². The Labute approximate surface area is 92.8 Å². The first-order chi connectivity index (χ1) is 6.47. The van der Waals surface area contributed by atoms with Crippen LogP contribution in [-0.2, 0) is 0 Å². The molecule has 0 saturated carbocycles. The average Bonchev–Trinajstić information content (AvgIpc) is 2.13. The molecule has 14 heavy (non-hydrogen) atoms. The Kier molecular flexibility index (Phi) is 6.57. The zero-order valence-electron chi connectivity index (χ0n) is 7.74. The van der Waals surface area contributed by atoms with E-state index in [1.54, 1.807) is 6.92 Å². The molecule has 0 spiro atoms. The molecule has 0 bridgehead atoms. The van der Waals surface area contributed by atoms with Crippen LogP contribution in [0.4, 0.5) is 5.69 Å². The van der Waals surface area contributed by atoms with Crippen molar-refractivity contribution in [2.75, 3.05) is 12.3 Å². The van der Waals surface area contributed by atoms with Crippen molar-refractivity contribution in [3.05, 3.63) is 22.4 Å². The molecule has 0 fully saturated rings. The first-order valence-electron chi connectivity index (χ1n) is 3.92. The van der Waals surface area contributed by atoms with Crippen LogP contribution in [-0.4, -0.2) is 22.7 Å². The summed E-state index contributed by atoms with van der Waals surface area (Å²) in [6, 6.07) is 1.50. The number of hydrogen-bond donors (Lipinski definition) is 3. The molecule has 4 nitrogen and oxygen atoms in total. The molecule has 0 saturated heterocycles. The summed E-state index contributed by atoms with van der Waals surface area (Å²) < 4.78 is 0. The van der Waals surface area contributed by atoms with Gasteiger partial charge in [0.1, 0.15) is 5.15 Å². The number of halogens is 2. The van der Waals surface area contributed by atoms with Gasteiger partial charge >= 0.3 is 0 Å². The second-order valence-corrected chi connectivity index (χ2v) is 3.41. The van der Waals surface area contributed by atoms with Crippen molar-refractivity contribution in [3.8, 4) is 0 Å². The van der Waals surface area contributed by atoms with Gasteiger partial charge in [0.25, 0.3) is 0 Å². The summed E-state index contributed by atoms with van der Waals surface area (Å²) in [6.07, 6.45) is 1.08. The minimum Gasteiger partial charge on any atom is -0.397 e. The van der Waals surface area contributed by atoms with E-state index in [1.165, 1.54) is 12.3 Å². The van der Waals surface area contributed by atoms with Crippen LogP contribution in [0.25, 0.3) is 0 Å². The number of aliphatic hydroxyl groups is 1. The molecule has 1 atom stereocenters. The van der Waals surface area contributed by atoms with Gasteiger partial charge in [-0.25, -0.2) is 4.98 Å². The predicted octanol–water partition coefficient (Wildman–Crippen LogP) is 1.30. The summed E-state index contributed by atoms with van der Waals surface area (Å²) in [5.41, 5.74) is 10.7. The lowest BCUT2D eigenvalue weighted by Gasteiger charge is -1.94. The van der Waals surface area contributed by atoms with E-state index in [-0.39, 0.29) is 6.10 Å². The lowest BCUT2D eigenvalue weighted by Crippen LogP contribution is -2.14. The third-order valence-electron chi connectivity index (χ3n) is 1.19. The smallest absolute Gasteiger partial charge is 0.131 e. The van der Waals surface area contributed by atoms with Crippen LogP contribution in [0, 0.1) is 0 Å². The van der Waals surface area contributed by atoms with Crippen molar-refractivity contribution in [3.63, 3.8) is 0 Å². The van der Waals surface area contributed by atoms with E-state index >= 15 is 0 Å². The van der Waals surface area contributed by atoms with Gasteiger partial charge in [0.15, 0.2) is 0 Å². The highest BCUT2D eigenvalue weighted by Gasteiger charge is 1.94. The lowest BCUT2D eigenvalue weighted by atomic mass is 10.4. The quantitative estimate of drug-likeness (QED) is 0.643. The van der Waals surface area contributed by atoms with E-state index in [0.717, 1.165) is 0 Å². The number of pyridine rings is 1. The average molecular weight is 238 g/mol. The van der Waals surface area contributed by atoms with Crippen molar-refractivity contribution in [2.45, 2.75) is 13.0 Å². The predicted molar refractivity (Wildman–Crippen MR) is 59.4 cm³/mol. The number of aliphatic hydroxyl groups excluding tert-OH is 1. The molecule has 0 aliphatic rings. The summed E-state index contributed by atoms with van der Waals surface area (Å²) in [5.74, 6) is 0. The minimum atomic E-state index is -0.338. The maximum absolute atomic E-state index is 8.24. The Morgan fingerprint density at radius 1 is 1.57 bits per heavy atom. The molecule has 6 heteroatoms. The van der Waals surface area contributed by atoms with Gasteiger partial charge in [-0.15, -0.1) is 0 Å². The Balaban J connectivity index is 0.000000292. The van der Waals surface area contributed by atoms with Crippen molar-refractivity contribution in [1.29, 1.82) is 0 Å². The molecule has 1 heterocycles. The second-order valence-electron chi connectivity index (χ2n) is 2.61. The fraction of sp³-hybridized carbons (Fsp3) is 0.375. The Hall–Kier alpha value is -0.550. The van der Waals surface area contributed by atoms with Crippen LogP contribution in [0.2, 0.25) is 10.2 Å². The van der Waals surface area contributed by atoms with E-state index < -0.39 is 0 Å². The van der Waals surface area contributed by atoms with Crippen LogP contribution in [0.3, 0.4) is 0 Å². The Bertz CT molecular complexity index is 281. The number of nitrogen functional groups attached to an aromatic ring is 1. The highest BCUT2D eigenvalue weighted by atomic mass is 35.5. The van der Waals surface area contributed by atoms with E-state index in [0.29, 0.717) is 22.4 Å². The van der Waals surface area contributed by atoms with Gasteiger partial charge in [0, 0.05) is 12.7 Å². The van der Waals surface area contributed by atoms with E-state index in [4.69, 9.17) is 39.8 Å². The summed E-state index contributed by atoms with van der Waals surface area (Å²) in [6.45, 7) is 2.01. The molecule has 5 N–H and O–H groups in total. The monoisotopic (exact) mass is 237 g/mol. The van der Waals surface area contributed by atoms with Gasteiger partial charge in [-0.05, 0) is 13.0 Å². The van der Waals surface area contributed by atoms with Crippen LogP contribution in [0.15, 0.2) is 12.3 Å². The zero-order valence-corrected chi connectivity index (χ0v) is 9.26. The van der Waals surface area contributed by atoms with Gasteiger partial charge in [-0.3, -0.25) is 0 Å². The van der Waals surface area contributed by atoms with E-state index in [2.05, 4.69) is 4.98 Å². The molecular weight excluding hydrogens is 225 g/mol. The fourth-order valence-corrected chi connectivity index (χ4v) is 0.697. The van der Waals surface area contributed by atoms with E-state index in [1.807, 2.05) is 0 Å². The highest BCUT2D eigenvalue weighted by Crippen LogP contribution is 2.19. The normalized spacial score (nSPS) is 11.5. The van der Waals surface area contributed by atoms with Crippen LogP contribution >= 0.6 is 23.2 Å². The lowest BCUT2D eigenvalue weighted by molar-refractivity contribution is 0.203.